The molecule has 1 heterocycles. The van der Waals surface area contributed by atoms with Gasteiger partial charge in [-0.15, -0.1) is 0 Å². The predicted molar refractivity (Wildman–Crippen MR) is 58.8 cm³/mol. The lowest BCUT2D eigenvalue weighted by Gasteiger charge is -2.41. The van der Waals surface area contributed by atoms with E-state index in [0.717, 1.165) is 0 Å². The van der Waals surface area contributed by atoms with E-state index >= 15 is 0 Å². The third-order valence-electron chi connectivity index (χ3n) is 3.67. The van der Waals surface area contributed by atoms with Crippen molar-refractivity contribution in [2.45, 2.75) is 52.4 Å². The summed E-state index contributed by atoms with van der Waals surface area (Å²) in [5.41, 5.74) is 0. The summed E-state index contributed by atoms with van der Waals surface area (Å²) in [6, 6.07) is 0. The first-order valence-electron chi connectivity index (χ1n) is 6.18. The Hall–Kier alpha value is 0.250. The van der Waals surface area contributed by atoms with E-state index in [0.29, 0.717) is 0 Å². The quantitative estimate of drug-likeness (QED) is 0.458. The van der Waals surface area contributed by atoms with Crippen molar-refractivity contribution in [1.82, 2.24) is 0 Å². The molecule has 0 bridgehead atoms. The molecule has 1 nitrogen and oxygen atoms in total. The second-order valence-electron chi connectivity index (χ2n) is 4.60. The molecule has 0 unspecified atom stereocenters. The highest BCUT2D eigenvalue weighted by molar-refractivity contribution is 4.53. The van der Waals surface area contributed by atoms with Crippen molar-refractivity contribution in [2.75, 3.05) is 26.2 Å². The highest BCUT2D eigenvalue weighted by atomic mass is 35.5. The second-order valence-corrected chi connectivity index (χ2v) is 4.60. The molecule has 0 atom stereocenters. The van der Waals surface area contributed by atoms with Gasteiger partial charge in [-0.25, -0.2) is 0 Å². The zero-order chi connectivity index (χ0) is 9.57. The van der Waals surface area contributed by atoms with Gasteiger partial charge in [0.2, 0.25) is 0 Å². The number of unbranched alkanes of at least 4 members (excludes halogenated alkanes) is 2. The number of likely N-dealkylation sites (tertiary alicyclic amines) is 1. The van der Waals surface area contributed by atoms with Crippen LogP contribution in [0.25, 0.3) is 0 Å². The molecule has 14 heavy (non-hydrogen) atoms. The minimum atomic E-state index is 0. The zero-order valence-electron chi connectivity index (χ0n) is 9.90. The van der Waals surface area contributed by atoms with E-state index in [9.17, 15) is 0 Å². The normalized spacial score (nSPS) is 20.1. The molecule has 0 aromatic heterocycles. The maximum absolute atomic E-state index is 2.37. The molecule has 86 valence electrons. The van der Waals surface area contributed by atoms with Crippen LogP contribution in [0.4, 0.5) is 0 Å². The topological polar surface area (TPSA) is 0 Å². The molecule has 0 aromatic rings. The van der Waals surface area contributed by atoms with E-state index in [1.807, 2.05) is 0 Å². The van der Waals surface area contributed by atoms with Crippen LogP contribution < -0.4 is 12.4 Å². The van der Waals surface area contributed by atoms with Gasteiger partial charge in [0.15, 0.2) is 0 Å². The lowest BCUT2D eigenvalue weighted by atomic mass is 10.1. The number of hydrogen-bond donors (Lipinski definition) is 0. The minimum absolute atomic E-state index is 0. The zero-order valence-corrected chi connectivity index (χ0v) is 10.7. The molecule has 1 aliphatic rings. The van der Waals surface area contributed by atoms with Crippen LogP contribution in [0.2, 0.25) is 0 Å². The second kappa shape index (κ2) is 7.53. The summed E-state index contributed by atoms with van der Waals surface area (Å²) in [6.07, 6.45) is 8.67. The Labute approximate surface area is 95.9 Å². The van der Waals surface area contributed by atoms with E-state index < -0.39 is 0 Å². The summed E-state index contributed by atoms with van der Waals surface area (Å²) >= 11 is 0. The molecule has 0 saturated carbocycles. The van der Waals surface area contributed by atoms with Gasteiger partial charge in [-0.3, -0.25) is 0 Å². The summed E-state index contributed by atoms with van der Waals surface area (Å²) in [6.45, 7) is 10.4. The van der Waals surface area contributed by atoms with Crippen LogP contribution in [0, 0.1) is 0 Å². The fourth-order valence-electron chi connectivity index (χ4n) is 2.58. The highest BCUT2D eigenvalue weighted by Crippen LogP contribution is 2.19. The number of quaternary nitrogens is 1. The summed E-state index contributed by atoms with van der Waals surface area (Å²) in [5, 5.41) is 0. The summed E-state index contributed by atoms with van der Waals surface area (Å²) < 4.78 is 1.43. The molecule has 2 heteroatoms. The van der Waals surface area contributed by atoms with Gasteiger partial charge in [-0.2, -0.15) is 0 Å². The number of rotatable bonds is 5. The van der Waals surface area contributed by atoms with Gasteiger partial charge in [0.25, 0.3) is 0 Å². The van der Waals surface area contributed by atoms with Gasteiger partial charge >= 0.3 is 0 Å². The predicted octanol–water partition coefficient (Wildman–Crippen LogP) is 0.201. The average Bonchev–Trinajstić information content (AvgIpc) is 2.20. The first-order valence-corrected chi connectivity index (χ1v) is 6.18. The van der Waals surface area contributed by atoms with E-state index in [1.54, 1.807) is 0 Å². The highest BCUT2D eigenvalue weighted by Gasteiger charge is 2.26. The monoisotopic (exact) mass is 219 g/mol. The van der Waals surface area contributed by atoms with Gasteiger partial charge in [0.05, 0.1) is 26.2 Å². The molecular weight excluding hydrogens is 194 g/mol. The van der Waals surface area contributed by atoms with Gasteiger partial charge < -0.3 is 16.9 Å². The molecule has 1 saturated heterocycles. The van der Waals surface area contributed by atoms with Crippen molar-refractivity contribution in [2.24, 2.45) is 0 Å². The molecule has 1 fully saturated rings. The lowest BCUT2D eigenvalue weighted by Crippen LogP contribution is -3.00. The largest absolute Gasteiger partial charge is 1.00 e. The fraction of sp³-hybridized carbons (Fsp3) is 1.00. The molecule has 0 amide bonds. The summed E-state index contributed by atoms with van der Waals surface area (Å²) in [5.74, 6) is 0. The number of nitrogens with zero attached hydrogens (tertiary/aromatic N) is 1. The molecular formula is C12H26ClN. The Balaban J connectivity index is 0.00000169. The van der Waals surface area contributed by atoms with Crippen LogP contribution in [0.3, 0.4) is 0 Å². The first-order chi connectivity index (χ1) is 6.33. The van der Waals surface area contributed by atoms with Crippen LogP contribution in [-0.2, 0) is 0 Å². The van der Waals surface area contributed by atoms with Gasteiger partial charge in [0.1, 0.15) is 0 Å². The Bertz CT molecular complexity index is 130. The Kier molecular flexibility index (Phi) is 7.66. The minimum Gasteiger partial charge on any atom is -1.00 e. The molecule has 0 radical (unpaired) electrons. The first kappa shape index (κ1) is 14.2. The van der Waals surface area contributed by atoms with Crippen LogP contribution in [-0.4, -0.2) is 30.7 Å². The van der Waals surface area contributed by atoms with Crippen molar-refractivity contribution in [1.29, 1.82) is 0 Å². The molecule has 0 aliphatic carbocycles. The fourth-order valence-corrected chi connectivity index (χ4v) is 2.58. The third-order valence-corrected chi connectivity index (χ3v) is 3.67. The van der Waals surface area contributed by atoms with Crippen LogP contribution in [0.15, 0.2) is 0 Å². The van der Waals surface area contributed by atoms with E-state index in [-0.39, 0.29) is 12.4 Å². The van der Waals surface area contributed by atoms with E-state index in [4.69, 9.17) is 0 Å². The van der Waals surface area contributed by atoms with Gasteiger partial charge in [0, 0.05) is 0 Å². The van der Waals surface area contributed by atoms with Crippen molar-refractivity contribution in [3.8, 4) is 0 Å². The van der Waals surface area contributed by atoms with Crippen LogP contribution >= 0.6 is 0 Å². The van der Waals surface area contributed by atoms with Crippen molar-refractivity contribution in [3.63, 3.8) is 0 Å². The van der Waals surface area contributed by atoms with Crippen molar-refractivity contribution in [3.05, 3.63) is 0 Å². The Morgan fingerprint density at radius 3 is 2.07 bits per heavy atom. The van der Waals surface area contributed by atoms with E-state index in [1.165, 1.54) is 69.2 Å². The van der Waals surface area contributed by atoms with Crippen LogP contribution in [0.1, 0.15) is 52.4 Å². The molecule has 0 aromatic carbocycles. The van der Waals surface area contributed by atoms with E-state index in [2.05, 4.69) is 13.8 Å². The molecule has 1 rings (SSSR count). The Morgan fingerprint density at radius 1 is 0.929 bits per heavy atom. The lowest BCUT2D eigenvalue weighted by molar-refractivity contribution is -0.931. The summed E-state index contributed by atoms with van der Waals surface area (Å²) in [4.78, 5) is 0. The SMILES string of the molecule is CCCCC[N+]1(CC)CCCCC1.[Cl-]. The maximum atomic E-state index is 2.37. The maximum Gasteiger partial charge on any atom is 0.0786 e. The number of halogens is 1. The van der Waals surface area contributed by atoms with Crippen molar-refractivity contribution >= 4 is 0 Å². The Morgan fingerprint density at radius 2 is 1.57 bits per heavy atom. The van der Waals surface area contributed by atoms with Gasteiger partial charge in [-0.1, -0.05) is 13.3 Å². The number of hydrogen-bond acceptors (Lipinski definition) is 0. The smallest absolute Gasteiger partial charge is 0.0786 e. The molecule has 0 N–H and O–H groups in total. The molecule has 0 spiro atoms. The third kappa shape index (κ3) is 4.18. The molecule has 1 aliphatic heterocycles. The number of piperidine rings is 1. The van der Waals surface area contributed by atoms with Gasteiger partial charge in [-0.05, 0) is 39.0 Å². The van der Waals surface area contributed by atoms with Crippen LogP contribution in [0.5, 0.6) is 0 Å². The summed E-state index contributed by atoms with van der Waals surface area (Å²) in [7, 11) is 0. The van der Waals surface area contributed by atoms with Crippen molar-refractivity contribution < 1.29 is 16.9 Å². The average molecular weight is 220 g/mol. The standard InChI is InChI=1S/C12H26N.ClH/c1-3-5-7-10-13(4-2)11-8-6-9-12-13;/h3-12H2,1-2H3;1H/q+1;/p-1.